The zero-order chi connectivity index (χ0) is 34.1. The number of carboxylic acid groups (broad SMARTS) is 1. The van der Waals surface area contributed by atoms with E-state index in [4.69, 9.17) is 26.6 Å². The Morgan fingerprint density at radius 3 is 2.13 bits per heavy atom. The highest BCUT2D eigenvalue weighted by atomic mass is 35.5. The summed E-state index contributed by atoms with van der Waals surface area (Å²) in [5, 5.41) is 12.6. The van der Waals surface area contributed by atoms with Crippen molar-refractivity contribution >= 4 is 23.5 Å². The van der Waals surface area contributed by atoms with E-state index < -0.39 is 23.8 Å². The van der Waals surface area contributed by atoms with Crippen molar-refractivity contribution in [2.75, 3.05) is 26.2 Å². The summed E-state index contributed by atoms with van der Waals surface area (Å²) >= 11 is 6.25. The molecule has 3 aromatic rings. The Bertz CT molecular complexity index is 1580. The van der Waals surface area contributed by atoms with Crippen molar-refractivity contribution in [1.29, 1.82) is 0 Å². The summed E-state index contributed by atoms with van der Waals surface area (Å²) in [7, 11) is 0. The maximum Gasteiger partial charge on any atom is 0.490 e. The molecule has 250 valence electrons. The molecule has 2 aliphatic heterocycles. The number of halogens is 6. The molecule has 0 aliphatic carbocycles. The predicted octanol–water partition coefficient (Wildman–Crippen LogP) is 7.27. The number of likely N-dealkylation sites (tertiary alicyclic amines) is 2. The monoisotopic (exact) mass is 668 g/mol. The van der Waals surface area contributed by atoms with Crippen LogP contribution in [0.2, 0.25) is 5.02 Å². The minimum absolute atomic E-state index is 0.0620. The molecule has 2 aliphatic rings. The summed E-state index contributed by atoms with van der Waals surface area (Å²) in [4.78, 5) is 27.0. The number of alkyl halides is 3. The van der Waals surface area contributed by atoms with Crippen molar-refractivity contribution in [2.45, 2.75) is 71.0 Å². The van der Waals surface area contributed by atoms with Gasteiger partial charge in [0.05, 0.1) is 17.3 Å². The number of amides is 1. The maximum atomic E-state index is 14.9. The Morgan fingerprint density at radius 1 is 0.957 bits per heavy atom. The molecular formula is C33H38ClF5N4O3. The Kier molecular flexibility index (Phi) is 10.5. The topological polar surface area (TPSA) is 78.7 Å². The van der Waals surface area contributed by atoms with Gasteiger partial charge < -0.3 is 10.0 Å². The van der Waals surface area contributed by atoms with Crippen molar-refractivity contribution in [3.05, 3.63) is 81.6 Å². The van der Waals surface area contributed by atoms with Gasteiger partial charge in [-0.05, 0) is 88.9 Å². The Hall–Kier alpha value is -3.51. The molecule has 2 aromatic carbocycles. The van der Waals surface area contributed by atoms with E-state index in [1.54, 1.807) is 0 Å². The fourth-order valence-corrected chi connectivity index (χ4v) is 6.24. The second kappa shape index (κ2) is 13.7. The third kappa shape index (κ3) is 8.06. The normalized spacial score (nSPS) is 19.6. The number of carbonyl (C=O) groups is 2. The fourth-order valence-electron chi connectivity index (χ4n) is 6.13. The average Bonchev–Trinajstić information content (AvgIpc) is 3.59. The minimum Gasteiger partial charge on any atom is -0.475 e. The second-order valence-corrected chi connectivity index (χ2v) is 13.3. The molecule has 1 aromatic heterocycles. The van der Waals surface area contributed by atoms with Crippen LogP contribution in [-0.2, 0) is 9.59 Å². The van der Waals surface area contributed by atoms with Crippen LogP contribution in [0.1, 0.15) is 68.0 Å². The molecule has 7 nitrogen and oxygen atoms in total. The number of piperidine rings is 1. The van der Waals surface area contributed by atoms with Crippen LogP contribution in [0, 0.1) is 31.4 Å². The number of carbonyl (C=O) groups excluding carboxylic acids is 1. The summed E-state index contributed by atoms with van der Waals surface area (Å²) < 4.78 is 62.3. The summed E-state index contributed by atoms with van der Waals surface area (Å²) in [5.41, 5.74) is 4.35. The van der Waals surface area contributed by atoms with Crippen LogP contribution in [0.4, 0.5) is 22.0 Å². The van der Waals surface area contributed by atoms with Crippen molar-refractivity contribution in [2.24, 2.45) is 5.92 Å². The van der Waals surface area contributed by atoms with Crippen LogP contribution in [-0.4, -0.2) is 74.5 Å². The Balaban J connectivity index is 0.000000617. The molecule has 46 heavy (non-hydrogen) atoms. The van der Waals surface area contributed by atoms with Crippen molar-refractivity contribution in [1.82, 2.24) is 19.6 Å². The maximum absolute atomic E-state index is 14.9. The van der Waals surface area contributed by atoms with E-state index in [-0.39, 0.29) is 29.2 Å². The van der Waals surface area contributed by atoms with E-state index in [0.29, 0.717) is 31.7 Å². The van der Waals surface area contributed by atoms with Crippen LogP contribution < -0.4 is 0 Å². The first kappa shape index (κ1) is 35.3. The molecule has 2 fully saturated rings. The van der Waals surface area contributed by atoms with Crippen molar-refractivity contribution < 1.29 is 36.6 Å². The highest BCUT2D eigenvalue weighted by Crippen LogP contribution is 2.40. The number of benzene rings is 2. The van der Waals surface area contributed by atoms with Gasteiger partial charge in [0.1, 0.15) is 11.6 Å². The minimum atomic E-state index is -5.08. The van der Waals surface area contributed by atoms with Gasteiger partial charge in [0.2, 0.25) is 5.91 Å². The summed E-state index contributed by atoms with van der Waals surface area (Å²) in [6, 6.07) is 11.8. The lowest BCUT2D eigenvalue weighted by atomic mass is 9.86. The first-order valence-corrected chi connectivity index (χ1v) is 15.4. The Labute approximate surface area is 269 Å². The SMILES string of the molecule is Cc1cc(C2CCN(C(=O)[C@@H]3CN(C(C)(C)C)C[C@H]3c3ccc(F)cc3F)CC2)n(-c2ccc(Cl)c(C)c2)n1.O=C(O)C(F)(F)F. The lowest BCUT2D eigenvalue weighted by Gasteiger charge is -2.35. The summed E-state index contributed by atoms with van der Waals surface area (Å²) in [6.07, 6.45) is -3.43. The number of aryl methyl sites for hydroxylation is 2. The van der Waals surface area contributed by atoms with Crippen molar-refractivity contribution in [3.63, 3.8) is 0 Å². The van der Waals surface area contributed by atoms with Gasteiger partial charge in [-0.15, -0.1) is 0 Å². The number of aliphatic carboxylic acids is 1. The molecule has 13 heteroatoms. The molecule has 3 heterocycles. The van der Waals surface area contributed by atoms with Crippen LogP contribution in [0.25, 0.3) is 5.69 Å². The number of hydrogen-bond donors (Lipinski definition) is 1. The molecule has 0 unspecified atom stereocenters. The summed E-state index contributed by atoms with van der Waals surface area (Å²) in [6.45, 7) is 12.7. The highest BCUT2D eigenvalue weighted by molar-refractivity contribution is 6.31. The van der Waals surface area contributed by atoms with Crippen LogP contribution >= 0.6 is 11.6 Å². The van der Waals surface area contributed by atoms with Gasteiger partial charge in [0.15, 0.2) is 0 Å². The largest absolute Gasteiger partial charge is 0.490 e. The van der Waals surface area contributed by atoms with Gasteiger partial charge in [-0.1, -0.05) is 17.7 Å². The smallest absolute Gasteiger partial charge is 0.475 e. The summed E-state index contributed by atoms with van der Waals surface area (Å²) in [5.74, 6) is -4.29. The molecule has 1 amide bonds. The third-order valence-corrected chi connectivity index (χ3v) is 9.08. The Morgan fingerprint density at radius 2 is 1.59 bits per heavy atom. The first-order chi connectivity index (χ1) is 21.4. The number of carboxylic acids is 1. The third-order valence-electron chi connectivity index (χ3n) is 8.66. The van der Waals surface area contributed by atoms with Crippen molar-refractivity contribution in [3.8, 4) is 5.69 Å². The predicted molar refractivity (Wildman–Crippen MR) is 164 cm³/mol. The number of nitrogens with zero attached hydrogens (tertiary/aromatic N) is 4. The zero-order valence-corrected chi connectivity index (χ0v) is 27.1. The van der Waals surface area contributed by atoms with Gasteiger partial charge in [-0.3, -0.25) is 9.69 Å². The van der Waals surface area contributed by atoms with Gasteiger partial charge in [-0.25, -0.2) is 18.3 Å². The van der Waals surface area contributed by atoms with Gasteiger partial charge in [0.25, 0.3) is 0 Å². The van der Waals surface area contributed by atoms with Gasteiger partial charge in [-0.2, -0.15) is 18.3 Å². The molecule has 2 saturated heterocycles. The molecule has 0 radical (unpaired) electrons. The highest BCUT2D eigenvalue weighted by Gasteiger charge is 2.45. The lowest BCUT2D eigenvalue weighted by molar-refractivity contribution is -0.192. The molecular weight excluding hydrogens is 631 g/mol. The first-order valence-electron chi connectivity index (χ1n) is 15.0. The van der Waals surface area contributed by atoms with Crippen LogP contribution in [0.3, 0.4) is 0 Å². The average molecular weight is 669 g/mol. The number of rotatable bonds is 4. The number of hydrogen-bond acceptors (Lipinski definition) is 4. The molecule has 2 atom stereocenters. The quantitative estimate of drug-likeness (QED) is 0.296. The van der Waals surface area contributed by atoms with E-state index in [9.17, 15) is 26.7 Å². The zero-order valence-electron chi connectivity index (χ0n) is 26.3. The lowest BCUT2D eigenvalue weighted by Crippen LogP contribution is -2.44. The second-order valence-electron chi connectivity index (χ2n) is 12.9. The van der Waals surface area contributed by atoms with E-state index in [0.717, 1.165) is 46.6 Å². The fraction of sp³-hybridized carbons (Fsp3) is 0.485. The van der Waals surface area contributed by atoms with E-state index in [1.807, 2.05) is 41.6 Å². The standard InChI is InChI=1S/C31H37ClF2N4O.C2HF3O2/c1-19-14-23(7-9-27(19)32)38-29(15-20(2)35-38)21-10-12-36(13-11-21)30(39)26-18-37(31(3,4)5)17-25(26)24-8-6-22(33)16-28(24)34;3-2(4,5)1(6)7/h6-9,14-16,21,25-26H,10-13,17-18H2,1-5H3;(H,6,7)/t25-,26+;/m0./s1. The number of aromatic nitrogens is 2. The van der Waals surface area contributed by atoms with E-state index >= 15 is 0 Å². The molecule has 0 bridgehead atoms. The van der Waals surface area contributed by atoms with Crippen LogP contribution in [0.15, 0.2) is 42.5 Å². The molecule has 0 spiro atoms. The van der Waals surface area contributed by atoms with E-state index in [1.165, 1.54) is 12.1 Å². The van der Waals surface area contributed by atoms with Gasteiger partial charge in [0, 0.05) is 60.3 Å². The molecule has 1 N–H and O–H groups in total. The van der Waals surface area contributed by atoms with Gasteiger partial charge >= 0.3 is 12.1 Å². The molecule has 5 rings (SSSR count). The van der Waals surface area contributed by atoms with Crippen LogP contribution in [0.5, 0.6) is 0 Å². The molecule has 0 saturated carbocycles. The van der Waals surface area contributed by atoms with E-state index in [2.05, 4.69) is 31.7 Å².